The van der Waals surface area contributed by atoms with Crippen LogP contribution < -0.4 is 5.56 Å². The second-order valence-corrected chi connectivity index (χ2v) is 7.28. The molecule has 2 aromatic heterocycles. The molecule has 25 heavy (non-hydrogen) atoms. The molecule has 1 amide bonds. The summed E-state index contributed by atoms with van der Waals surface area (Å²) >= 11 is 1.76. The molecular formula is C19H19N3O2S. The van der Waals surface area contributed by atoms with E-state index < -0.39 is 0 Å². The topological polar surface area (TPSA) is 56.4 Å². The summed E-state index contributed by atoms with van der Waals surface area (Å²) in [5.74, 6) is -0.0985. The number of amides is 1. The van der Waals surface area contributed by atoms with Crippen molar-refractivity contribution in [1.82, 2.24) is 14.8 Å². The maximum Gasteiger partial charge on any atom is 0.270 e. The molecule has 1 saturated heterocycles. The quantitative estimate of drug-likeness (QED) is 0.787. The van der Waals surface area contributed by atoms with Crippen LogP contribution in [0.1, 0.15) is 15.4 Å². The van der Waals surface area contributed by atoms with Crippen LogP contribution in [0.2, 0.25) is 0 Å². The Morgan fingerprint density at radius 1 is 1.08 bits per heavy atom. The molecule has 1 aromatic carbocycles. The second-order valence-electron chi connectivity index (χ2n) is 6.25. The predicted molar refractivity (Wildman–Crippen MR) is 100 cm³/mol. The van der Waals surface area contributed by atoms with Gasteiger partial charge in [-0.25, -0.2) is 0 Å². The Bertz CT molecular complexity index is 941. The van der Waals surface area contributed by atoms with E-state index in [1.807, 2.05) is 23.1 Å². The molecular weight excluding hydrogens is 334 g/mol. The highest BCUT2D eigenvalue weighted by Crippen LogP contribution is 2.15. The van der Waals surface area contributed by atoms with E-state index in [1.165, 1.54) is 4.88 Å². The molecule has 3 aromatic rings. The zero-order valence-corrected chi connectivity index (χ0v) is 14.6. The number of carbonyl (C=O) groups is 1. The van der Waals surface area contributed by atoms with Crippen LogP contribution in [0.3, 0.4) is 0 Å². The minimum atomic E-state index is -0.210. The molecule has 0 radical (unpaired) electrons. The van der Waals surface area contributed by atoms with E-state index in [4.69, 9.17) is 0 Å². The highest BCUT2D eigenvalue weighted by Gasteiger charge is 2.23. The molecule has 0 aliphatic carbocycles. The average molecular weight is 353 g/mol. The van der Waals surface area contributed by atoms with Gasteiger partial charge in [0, 0.05) is 43.0 Å². The molecule has 128 valence electrons. The molecule has 0 saturated carbocycles. The number of fused-ring (bicyclic) bond motifs is 1. The highest BCUT2D eigenvalue weighted by atomic mass is 32.1. The van der Waals surface area contributed by atoms with E-state index in [9.17, 15) is 9.59 Å². The second kappa shape index (κ2) is 6.82. The molecule has 1 aliphatic heterocycles. The number of H-pyrrole nitrogens is 1. The zero-order chi connectivity index (χ0) is 17.2. The monoisotopic (exact) mass is 353 g/mol. The molecule has 5 nitrogen and oxygen atoms in total. The predicted octanol–water partition coefficient (Wildman–Crippen LogP) is 2.55. The van der Waals surface area contributed by atoms with Crippen LogP contribution in [0.25, 0.3) is 10.8 Å². The summed E-state index contributed by atoms with van der Waals surface area (Å²) in [7, 11) is 0. The van der Waals surface area contributed by atoms with Crippen molar-refractivity contribution >= 4 is 28.0 Å². The highest BCUT2D eigenvalue weighted by molar-refractivity contribution is 7.09. The first-order valence-electron chi connectivity index (χ1n) is 8.37. The molecule has 6 heteroatoms. The van der Waals surface area contributed by atoms with Crippen LogP contribution in [-0.2, 0) is 6.54 Å². The van der Waals surface area contributed by atoms with Crippen LogP contribution in [0, 0.1) is 0 Å². The van der Waals surface area contributed by atoms with Gasteiger partial charge in [-0.15, -0.1) is 11.3 Å². The molecule has 0 unspecified atom stereocenters. The Morgan fingerprint density at radius 2 is 1.88 bits per heavy atom. The third-order valence-electron chi connectivity index (χ3n) is 4.60. The van der Waals surface area contributed by atoms with Crippen molar-refractivity contribution in [3.63, 3.8) is 0 Å². The summed E-state index contributed by atoms with van der Waals surface area (Å²) < 4.78 is 0. The van der Waals surface area contributed by atoms with Crippen LogP contribution >= 0.6 is 11.3 Å². The third-order valence-corrected chi connectivity index (χ3v) is 5.46. The normalized spacial score (nSPS) is 15.6. The number of hydrogen-bond acceptors (Lipinski definition) is 4. The number of piperazine rings is 1. The van der Waals surface area contributed by atoms with Gasteiger partial charge in [0.25, 0.3) is 11.5 Å². The van der Waals surface area contributed by atoms with Gasteiger partial charge in [0.1, 0.15) is 5.69 Å². The smallest absolute Gasteiger partial charge is 0.270 e. The molecule has 0 spiro atoms. The summed E-state index contributed by atoms with van der Waals surface area (Å²) in [6.07, 6.45) is 0. The van der Waals surface area contributed by atoms with E-state index in [-0.39, 0.29) is 11.5 Å². The largest absolute Gasteiger partial charge is 0.335 e. The number of nitrogens with zero attached hydrogens (tertiary/aromatic N) is 2. The van der Waals surface area contributed by atoms with Crippen molar-refractivity contribution in [3.05, 3.63) is 68.8 Å². The standard InChI is InChI=1S/C19H19N3O2S/c23-18-16-6-2-1-4-14(16)12-17(20-18)19(24)22-9-7-21(8-10-22)13-15-5-3-11-25-15/h1-6,11-12H,7-10,13H2,(H,20,23). The fourth-order valence-electron chi connectivity index (χ4n) is 3.23. The molecule has 3 heterocycles. The molecule has 1 N–H and O–H groups in total. The van der Waals surface area contributed by atoms with Crippen LogP contribution in [0.4, 0.5) is 0 Å². The lowest BCUT2D eigenvalue weighted by molar-refractivity contribution is 0.0624. The van der Waals surface area contributed by atoms with Crippen LogP contribution in [-0.4, -0.2) is 46.9 Å². The first-order valence-corrected chi connectivity index (χ1v) is 9.25. The summed E-state index contributed by atoms with van der Waals surface area (Å²) in [6, 6.07) is 13.3. The van der Waals surface area contributed by atoms with Crippen molar-refractivity contribution in [2.45, 2.75) is 6.54 Å². The van der Waals surface area contributed by atoms with E-state index in [0.717, 1.165) is 25.0 Å². The molecule has 0 bridgehead atoms. The Kier molecular flexibility index (Phi) is 4.38. The molecule has 0 atom stereocenters. The summed E-state index contributed by atoms with van der Waals surface area (Å²) in [5.41, 5.74) is 0.160. The van der Waals surface area contributed by atoms with Gasteiger partial charge in [-0.05, 0) is 29.0 Å². The summed E-state index contributed by atoms with van der Waals surface area (Å²) in [5, 5.41) is 3.50. The number of benzene rings is 1. The van der Waals surface area contributed by atoms with Crippen molar-refractivity contribution in [2.24, 2.45) is 0 Å². The molecule has 1 fully saturated rings. The number of aromatic nitrogens is 1. The Morgan fingerprint density at radius 3 is 2.64 bits per heavy atom. The minimum absolute atomic E-state index is 0.0985. The fraction of sp³-hybridized carbons (Fsp3) is 0.263. The molecule has 1 aliphatic rings. The van der Waals surface area contributed by atoms with Crippen LogP contribution in [0.5, 0.6) is 0 Å². The van der Waals surface area contributed by atoms with Crippen molar-refractivity contribution in [1.29, 1.82) is 0 Å². The zero-order valence-electron chi connectivity index (χ0n) is 13.8. The lowest BCUT2D eigenvalue weighted by Crippen LogP contribution is -2.48. The summed E-state index contributed by atoms with van der Waals surface area (Å²) in [4.78, 5) is 33.2. The number of aromatic amines is 1. The fourth-order valence-corrected chi connectivity index (χ4v) is 3.97. The summed E-state index contributed by atoms with van der Waals surface area (Å²) in [6.45, 7) is 3.99. The van der Waals surface area contributed by atoms with E-state index >= 15 is 0 Å². The van der Waals surface area contributed by atoms with Crippen molar-refractivity contribution < 1.29 is 4.79 Å². The first-order chi connectivity index (χ1) is 12.2. The van der Waals surface area contributed by atoms with Crippen molar-refractivity contribution in [2.75, 3.05) is 26.2 Å². The third kappa shape index (κ3) is 3.36. The van der Waals surface area contributed by atoms with Gasteiger partial charge < -0.3 is 9.88 Å². The lowest BCUT2D eigenvalue weighted by Gasteiger charge is -2.34. The Labute approximate surface area is 149 Å². The number of hydrogen-bond donors (Lipinski definition) is 1. The van der Waals surface area contributed by atoms with E-state index in [0.29, 0.717) is 24.2 Å². The Hall–Kier alpha value is -2.44. The number of thiophene rings is 1. The maximum absolute atomic E-state index is 12.8. The SMILES string of the molecule is O=C(c1cc2ccccc2c(=O)[nH]1)N1CCN(Cc2cccs2)CC1. The van der Waals surface area contributed by atoms with Gasteiger partial charge in [-0.1, -0.05) is 24.3 Å². The minimum Gasteiger partial charge on any atom is -0.335 e. The van der Waals surface area contributed by atoms with Gasteiger partial charge in [0.2, 0.25) is 0 Å². The maximum atomic E-state index is 12.8. The number of pyridine rings is 1. The van der Waals surface area contributed by atoms with Crippen molar-refractivity contribution in [3.8, 4) is 0 Å². The average Bonchev–Trinajstić information content (AvgIpc) is 3.15. The Balaban J connectivity index is 1.46. The van der Waals surface area contributed by atoms with Gasteiger partial charge in [-0.3, -0.25) is 14.5 Å². The van der Waals surface area contributed by atoms with E-state index in [2.05, 4.69) is 27.4 Å². The van der Waals surface area contributed by atoms with Gasteiger partial charge in [0.15, 0.2) is 0 Å². The lowest BCUT2D eigenvalue weighted by atomic mass is 10.1. The first kappa shape index (κ1) is 16.1. The van der Waals surface area contributed by atoms with E-state index in [1.54, 1.807) is 23.5 Å². The molecule has 4 rings (SSSR count). The number of carbonyl (C=O) groups excluding carboxylic acids is 1. The van der Waals surface area contributed by atoms with Gasteiger partial charge in [-0.2, -0.15) is 0 Å². The van der Waals surface area contributed by atoms with Gasteiger partial charge >= 0.3 is 0 Å². The van der Waals surface area contributed by atoms with Crippen LogP contribution in [0.15, 0.2) is 52.6 Å². The number of rotatable bonds is 3. The van der Waals surface area contributed by atoms with Gasteiger partial charge in [0.05, 0.1) is 0 Å². The number of nitrogens with one attached hydrogen (secondary N) is 1.